The first-order valence-corrected chi connectivity index (χ1v) is 4.52. The highest BCUT2D eigenvalue weighted by atomic mass is 16.6. The van der Waals surface area contributed by atoms with Gasteiger partial charge in [-0.15, -0.1) is 0 Å². The fourth-order valence-corrected chi connectivity index (χ4v) is 1.56. The van der Waals surface area contributed by atoms with E-state index in [0.29, 0.717) is 13.1 Å². The molecule has 14 heavy (non-hydrogen) atoms. The van der Waals surface area contributed by atoms with E-state index < -0.39 is 0 Å². The molecule has 0 aliphatic carbocycles. The first-order valence-electron chi connectivity index (χ1n) is 4.52. The summed E-state index contributed by atoms with van der Waals surface area (Å²) in [6.45, 7) is 0.903. The highest BCUT2D eigenvalue weighted by molar-refractivity contribution is 5.88. The number of hydrogen-bond donors (Lipinski definition) is 1. The minimum absolute atomic E-state index is 0.183. The Morgan fingerprint density at radius 3 is 3.00 bits per heavy atom. The van der Waals surface area contributed by atoms with Gasteiger partial charge in [0, 0.05) is 19.8 Å². The van der Waals surface area contributed by atoms with Crippen LogP contribution in [0, 0.1) is 0 Å². The van der Waals surface area contributed by atoms with Crippen molar-refractivity contribution in [2.45, 2.75) is 6.10 Å². The van der Waals surface area contributed by atoms with Crippen LogP contribution in [0.1, 0.15) is 0 Å². The molecule has 0 radical (unpaired) electrons. The molecule has 5 nitrogen and oxygen atoms in total. The van der Waals surface area contributed by atoms with Crippen molar-refractivity contribution in [3.63, 3.8) is 0 Å². The van der Waals surface area contributed by atoms with Gasteiger partial charge in [-0.3, -0.25) is 4.90 Å². The number of aromatic nitrogens is 1. The molecule has 1 amide bonds. The Bertz CT molecular complexity index is 348. The summed E-state index contributed by atoms with van der Waals surface area (Å²) >= 11 is 0. The maximum atomic E-state index is 11.4. The predicted octanol–water partition coefficient (Wildman–Crippen LogP) is 0.309. The standard InChI is InChI=1S/C9H13N3O2/c1-11-4-2-3-8(11)12-6-7(5-10)14-9(12)13/h2-4,7H,5-6,10H2,1H3. The third-order valence-corrected chi connectivity index (χ3v) is 2.33. The van der Waals surface area contributed by atoms with Crippen molar-refractivity contribution in [1.29, 1.82) is 0 Å². The number of amides is 1. The summed E-state index contributed by atoms with van der Waals surface area (Å²) in [6.07, 6.45) is 1.39. The van der Waals surface area contributed by atoms with E-state index in [9.17, 15) is 4.79 Å². The average molecular weight is 195 g/mol. The number of ether oxygens (including phenoxy) is 1. The minimum atomic E-state index is -0.317. The number of cyclic esters (lactones) is 1. The summed E-state index contributed by atoms with van der Waals surface area (Å²) in [5.41, 5.74) is 5.44. The Morgan fingerprint density at radius 2 is 2.50 bits per heavy atom. The van der Waals surface area contributed by atoms with Gasteiger partial charge in [0.1, 0.15) is 11.9 Å². The van der Waals surface area contributed by atoms with E-state index >= 15 is 0 Å². The van der Waals surface area contributed by atoms with Crippen LogP contribution >= 0.6 is 0 Å². The molecule has 5 heteroatoms. The molecule has 1 aliphatic rings. The van der Waals surface area contributed by atoms with Crippen LogP contribution in [0.5, 0.6) is 0 Å². The van der Waals surface area contributed by atoms with Crippen molar-refractivity contribution in [2.75, 3.05) is 18.0 Å². The molecule has 1 aromatic rings. The second-order valence-electron chi connectivity index (χ2n) is 3.33. The van der Waals surface area contributed by atoms with Crippen LogP contribution in [-0.4, -0.2) is 29.9 Å². The highest BCUT2D eigenvalue weighted by Gasteiger charge is 2.32. The summed E-state index contributed by atoms with van der Waals surface area (Å²) in [5.74, 6) is 0.839. The first-order chi connectivity index (χ1) is 6.72. The molecule has 1 atom stereocenters. The molecular formula is C9H13N3O2. The monoisotopic (exact) mass is 195 g/mol. The van der Waals surface area contributed by atoms with Gasteiger partial charge < -0.3 is 15.0 Å². The number of nitrogens with two attached hydrogens (primary N) is 1. The fraction of sp³-hybridized carbons (Fsp3) is 0.444. The molecule has 76 valence electrons. The Labute approximate surface area is 82.0 Å². The fourth-order valence-electron chi connectivity index (χ4n) is 1.56. The number of aryl methyl sites for hydroxylation is 1. The number of carbonyl (C=O) groups excluding carboxylic acids is 1. The molecule has 0 aromatic carbocycles. The van der Waals surface area contributed by atoms with Gasteiger partial charge in [0.05, 0.1) is 6.54 Å². The first kappa shape index (κ1) is 9.08. The molecule has 2 N–H and O–H groups in total. The largest absolute Gasteiger partial charge is 0.443 e. The molecule has 1 aromatic heterocycles. The van der Waals surface area contributed by atoms with Gasteiger partial charge in [-0.05, 0) is 12.1 Å². The highest BCUT2D eigenvalue weighted by Crippen LogP contribution is 2.20. The maximum absolute atomic E-state index is 11.4. The smallest absolute Gasteiger partial charge is 0.415 e. The van der Waals surface area contributed by atoms with Crippen LogP contribution in [-0.2, 0) is 11.8 Å². The molecular weight excluding hydrogens is 182 g/mol. The van der Waals surface area contributed by atoms with Crippen LogP contribution in [0.4, 0.5) is 10.6 Å². The average Bonchev–Trinajstić information content (AvgIpc) is 2.72. The second-order valence-corrected chi connectivity index (χ2v) is 3.33. The van der Waals surface area contributed by atoms with E-state index in [2.05, 4.69) is 0 Å². The molecule has 1 fully saturated rings. The van der Waals surface area contributed by atoms with Crippen molar-refractivity contribution < 1.29 is 9.53 Å². The molecule has 2 heterocycles. The van der Waals surface area contributed by atoms with Crippen molar-refractivity contribution >= 4 is 11.9 Å². The summed E-state index contributed by atoms with van der Waals surface area (Å²) in [4.78, 5) is 13.0. The summed E-state index contributed by atoms with van der Waals surface area (Å²) in [7, 11) is 1.89. The quantitative estimate of drug-likeness (QED) is 0.738. The van der Waals surface area contributed by atoms with Gasteiger partial charge in [0.25, 0.3) is 0 Å². The molecule has 0 saturated carbocycles. The normalized spacial score (nSPS) is 21.4. The third-order valence-electron chi connectivity index (χ3n) is 2.33. The van der Waals surface area contributed by atoms with E-state index in [-0.39, 0.29) is 12.2 Å². The van der Waals surface area contributed by atoms with E-state index in [1.165, 1.54) is 0 Å². The lowest BCUT2D eigenvalue weighted by Gasteiger charge is -2.13. The predicted molar refractivity (Wildman–Crippen MR) is 52.1 cm³/mol. The second kappa shape index (κ2) is 3.34. The molecule has 2 rings (SSSR count). The van der Waals surface area contributed by atoms with E-state index in [1.54, 1.807) is 4.90 Å². The summed E-state index contributed by atoms with van der Waals surface area (Å²) < 4.78 is 6.93. The van der Waals surface area contributed by atoms with Gasteiger partial charge in [0.2, 0.25) is 0 Å². The van der Waals surface area contributed by atoms with Gasteiger partial charge in [-0.2, -0.15) is 0 Å². The molecule has 0 spiro atoms. The Balaban J connectivity index is 2.20. The van der Waals surface area contributed by atoms with Crippen molar-refractivity contribution in [3.05, 3.63) is 18.3 Å². The lowest BCUT2D eigenvalue weighted by molar-refractivity contribution is 0.145. The SMILES string of the molecule is Cn1cccc1N1CC(CN)OC1=O. The lowest BCUT2D eigenvalue weighted by Crippen LogP contribution is -2.28. The zero-order valence-electron chi connectivity index (χ0n) is 8.01. The third kappa shape index (κ3) is 1.35. The van der Waals surface area contributed by atoms with E-state index in [4.69, 9.17) is 10.5 Å². The van der Waals surface area contributed by atoms with Gasteiger partial charge in [0.15, 0.2) is 0 Å². The van der Waals surface area contributed by atoms with Crippen molar-refractivity contribution in [1.82, 2.24) is 4.57 Å². The molecule has 1 saturated heterocycles. The molecule has 0 bridgehead atoms. The number of hydrogen-bond acceptors (Lipinski definition) is 3. The molecule has 1 unspecified atom stereocenters. The molecule has 1 aliphatic heterocycles. The van der Waals surface area contributed by atoms with Crippen LogP contribution in [0.2, 0.25) is 0 Å². The number of nitrogens with zero attached hydrogens (tertiary/aromatic N) is 2. The number of anilines is 1. The summed E-state index contributed by atoms with van der Waals surface area (Å²) in [6, 6.07) is 3.76. The van der Waals surface area contributed by atoms with E-state index in [0.717, 1.165) is 5.82 Å². The van der Waals surface area contributed by atoms with Crippen LogP contribution in [0.25, 0.3) is 0 Å². The van der Waals surface area contributed by atoms with E-state index in [1.807, 2.05) is 29.9 Å². The van der Waals surface area contributed by atoms with Gasteiger partial charge >= 0.3 is 6.09 Å². The zero-order valence-corrected chi connectivity index (χ0v) is 8.01. The summed E-state index contributed by atoms with van der Waals surface area (Å²) in [5, 5.41) is 0. The minimum Gasteiger partial charge on any atom is -0.443 e. The Morgan fingerprint density at radius 1 is 1.71 bits per heavy atom. The van der Waals surface area contributed by atoms with Crippen molar-refractivity contribution in [2.24, 2.45) is 12.8 Å². The van der Waals surface area contributed by atoms with Crippen LogP contribution in [0.15, 0.2) is 18.3 Å². The van der Waals surface area contributed by atoms with Crippen LogP contribution < -0.4 is 10.6 Å². The van der Waals surface area contributed by atoms with Crippen LogP contribution in [0.3, 0.4) is 0 Å². The topological polar surface area (TPSA) is 60.5 Å². The lowest BCUT2D eigenvalue weighted by atomic mass is 10.3. The maximum Gasteiger partial charge on any atom is 0.415 e. The van der Waals surface area contributed by atoms with Gasteiger partial charge in [-0.25, -0.2) is 4.79 Å². The zero-order chi connectivity index (χ0) is 10.1. The Kier molecular flexibility index (Phi) is 2.17. The number of carbonyl (C=O) groups is 1. The number of rotatable bonds is 2. The van der Waals surface area contributed by atoms with Crippen molar-refractivity contribution in [3.8, 4) is 0 Å². The Hall–Kier alpha value is -1.49. The van der Waals surface area contributed by atoms with Gasteiger partial charge in [-0.1, -0.05) is 0 Å².